The SMILES string of the molecule is CC(NC(=O)C(C)C1(c2ccc(F)cc2)CCN(C)CC1)c1cc(Cl)cc2ccccc12. The first kappa shape index (κ1) is 22.8. The molecule has 2 atom stereocenters. The highest BCUT2D eigenvalue weighted by Gasteiger charge is 2.43. The topological polar surface area (TPSA) is 32.3 Å². The lowest BCUT2D eigenvalue weighted by molar-refractivity contribution is -0.128. The first-order valence-corrected chi connectivity index (χ1v) is 11.6. The van der Waals surface area contributed by atoms with Crippen molar-refractivity contribution in [1.29, 1.82) is 0 Å². The molecule has 5 heteroatoms. The van der Waals surface area contributed by atoms with Crippen LogP contribution in [-0.4, -0.2) is 30.9 Å². The normalized spacial score (nSPS) is 18.3. The predicted octanol–water partition coefficient (Wildman–Crippen LogP) is 6.11. The maximum atomic E-state index is 13.6. The largest absolute Gasteiger partial charge is 0.349 e. The van der Waals surface area contributed by atoms with Crippen molar-refractivity contribution in [3.63, 3.8) is 0 Å². The summed E-state index contributed by atoms with van der Waals surface area (Å²) < 4.78 is 13.6. The van der Waals surface area contributed by atoms with Crippen LogP contribution < -0.4 is 5.32 Å². The van der Waals surface area contributed by atoms with E-state index in [0.717, 1.165) is 47.8 Å². The van der Waals surface area contributed by atoms with Gasteiger partial charge in [0.1, 0.15) is 5.82 Å². The Morgan fingerprint density at radius 3 is 2.41 bits per heavy atom. The standard InChI is InChI=1S/C27H30ClFN2O/c1-18(27(12-14-31(3)15-13-27)21-8-10-23(29)11-9-21)26(32)30-19(2)25-17-22(28)16-20-6-4-5-7-24(20)25/h4-11,16-19H,12-15H2,1-3H3,(H,30,32). The minimum absolute atomic E-state index is 0.00966. The minimum atomic E-state index is -0.319. The summed E-state index contributed by atoms with van der Waals surface area (Å²) in [4.78, 5) is 15.8. The van der Waals surface area contributed by atoms with E-state index in [0.29, 0.717) is 5.02 Å². The van der Waals surface area contributed by atoms with Gasteiger partial charge in [0.2, 0.25) is 5.91 Å². The van der Waals surface area contributed by atoms with Gasteiger partial charge in [0.15, 0.2) is 0 Å². The van der Waals surface area contributed by atoms with E-state index in [9.17, 15) is 9.18 Å². The van der Waals surface area contributed by atoms with Crippen molar-refractivity contribution in [1.82, 2.24) is 10.2 Å². The zero-order valence-electron chi connectivity index (χ0n) is 18.9. The molecule has 3 nitrogen and oxygen atoms in total. The summed E-state index contributed by atoms with van der Waals surface area (Å²) in [6, 6.07) is 18.5. The van der Waals surface area contributed by atoms with Gasteiger partial charge in [-0.3, -0.25) is 4.79 Å². The molecule has 1 amide bonds. The fourth-order valence-electron chi connectivity index (χ4n) is 5.10. The van der Waals surface area contributed by atoms with Crippen LogP contribution in [0.4, 0.5) is 4.39 Å². The number of carbonyl (C=O) groups excluding carboxylic acids is 1. The molecule has 1 saturated heterocycles. The monoisotopic (exact) mass is 452 g/mol. The van der Waals surface area contributed by atoms with Crippen LogP contribution in [0.25, 0.3) is 10.8 Å². The quantitative estimate of drug-likeness (QED) is 0.506. The van der Waals surface area contributed by atoms with Gasteiger partial charge in [-0.25, -0.2) is 4.39 Å². The molecule has 168 valence electrons. The smallest absolute Gasteiger partial charge is 0.224 e. The second kappa shape index (κ2) is 9.21. The Bertz CT molecular complexity index is 1110. The molecular weight excluding hydrogens is 423 g/mol. The molecule has 4 rings (SSSR count). The average Bonchev–Trinajstić information content (AvgIpc) is 2.79. The average molecular weight is 453 g/mol. The van der Waals surface area contributed by atoms with Crippen LogP contribution in [0.2, 0.25) is 5.02 Å². The third-order valence-electron chi connectivity index (χ3n) is 7.20. The molecule has 0 bridgehead atoms. The van der Waals surface area contributed by atoms with Crippen LogP contribution in [0.5, 0.6) is 0 Å². The van der Waals surface area contributed by atoms with E-state index >= 15 is 0 Å². The molecule has 0 aromatic heterocycles. The van der Waals surface area contributed by atoms with Crippen LogP contribution in [-0.2, 0) is 10.2 Å². The predicted molar refractivity (Wildman–Crippen MR) is 129 cm³/mol. The Kier molecular flexibility index (Phi) is 6.55. The van der Waals surface area contributed by atoms with E-state index in [4.69, 9.17) is 11.6 Å². The number of fused-ring (bicyclic) bond motifs is 1. The van der Waals surface area contributed by atoms with Crippen LogP contribution in [0.15, 0.2) is 60.7 Å². The molecule has 1 aliphatic heterocycles. The molecule has 1 N–H and O–H groups in total. The van der Waals surface area contributed by atoms with Crippen LogP contribution in [0.1, 0.15) is 43.9 Å². The Morgan fingerprint density at radius 2 is 1.72 bits per heavy atom. The molecule has 3 aromatic carbocycles. The number of benzene rings is 3. The first-order chi connectivity index (χ1) is 15.3. The summed E-state index contributed by atoms with van der Waals surface area (Å²) in [5.74, 6) is -0.500. The third-order valence-corrected chi connectivity index (χ3v) is 7.42. The van der Waals surface area contributed by atoms with Crippen molar-refractivity contribution < 1.29 is 9.18 Å². The molecule has 0 saturated carbocycles. The van der Waals surface area contributed by atoms with Gasteiger partial charge in [0, 0.05) is 16.4 Å². The van der Waals surface area contributed by atoms with Crippen LogP contribution in [0, 0.1) is 11.7 Å². The van der Waals surface area contributed by atoms with Gasteiger partial charge in [-0.05, 0) is 86.1 Å². The second-order valence-electron chi connectivity index (χ2n) is 9.13. The highest BCUT2D eigenvalue weighted by Crippen LogP contribution is 2.42. The molecule has 1 fully saturated rings. The zero-order valence-corrected chi connectivity index (χ0v) is 19.6. The van der Waals surface area contributed by atoms with E-state index in [1.54, 1.807) is 0 Å². The summed E-state index contributed by atoms with van der Waals surface area (Å²) in [6.07, 6.45) is 1.72. The molecule has 1 heterocycles. The Balaban J connectivity index is 1.62. The van der Waals surface area contributed by atoms with Gasteiger partial charge in [-0.2, -0.15) is 0 Å². The summed E-state index contributed by atoms with van der Waals surface area (Å²) >= 11 is 6.37. The Morgan fingerprint density at radius 1 is 1.06 bits per heavy atom. The number of hydrogen-bond acceptors (Lipinski definition) is 2. The summed E-state index contributed by atoms with van der Waals surface area (Å²) in [6.45, 7) is 5.82. The van der Waals surface area contributed by atoms with E-state index in [1.165, 1.54) is 12.1 Å². The van der Waals surface area contributed by atoms with Gasteiger partial charge < -0.3 is 10.2 Å². The lowest BCUT2D eigenvalue weighted by Gasteiger charge is -2.45. The van der Waals surface area contributed by atoms with E-state index in [2.05, 4.69) is 23.3 Å². The van der Waals surface area contributed by atoms with E-state index in [-0.39, 0.29) is 29.1 Å². The van der Waals surface area contributed by atoms with Gasteiger partial charge >= 0.3 is 0 Å². The fraction of sp³-hybridized carbons (Fsp3) is 0.370. The number of rotatable bonds is 5. The van der Waals surface area contributed by atoms with E-state index in [1.807, 2.05) is 56.3 Å². The zero-order chi connectivity index (χ0) is 22.9. The third kappa shape index (κ3) is 4.39. The number of nitrogens with zero attached hydrogens (tertiary/aromatic N) is 1. The maximum absolute atomic E-state index is 13.6. The molecule has 0 spiro atoms. The van der Waals surface area contributed by atoms with Crippen molar-refractivity contribution in [3.05, 3.63) is 82.6 Å². The first-order valence-electron chi connectivity index (χ1n) is 11.2. The summed E-state index contributed by atoms with van der Waals surface area (Å²) in [5.41, 5.74) is 1.73. The molecule has 3 aromatic rings. The van der Waals surface area contributed by atoms with Gasteiger partial charge in [0.25, 0.3) is 0 Å². The van der Waals surface area contributed by atoms with Crippen LogP contribution >= 0.6 is 11.6 Å². The number of nitrogens with one attached hydrogen (secondary N) is 1. The molecular formula is C27H30ClFN2O. The Labute approximate surface area is 194 Å². The fourth-order valence-corrected chi connectivity index (χ4v) is 5.33. The number of likely N-dealkylation sites (tertiary alicyclic amines) is 1. The molecule has 32 heavy (non-hydrogen) atoms. The van der Waals surface area contributed by atoms with Crippen molar-refractivity contribution in [3.8, 4) is 0 Å². The molecule has 2 unspecified atom stereocenters. The molecule has 0 aliphatic carbocycles. The van der Waals surface area contributed by atoms with Crippen LogP contribution in [0.3, 0.4) is 0 Å². The molecule has 0 radical (unpaired) electrons. The van der Waals surface area contributed by atoms with Gasteiger partial charge in [0.05, 0.1) is 6.04 Å². The van der Waals surface area contributed by atoms with Crippen molar-refractivity contribution in [2.75, 3.05) is 20.1 Å². The molecule has 1 aliphatic rings. The van der Waals surface area contributed by atoms with Crippen molar-refractivity contribution >= 4 is 28.3 Å². The maximum Gasteiger partial charge on any atom is 0.224 e. The number of halogens is 2. The number of carbonyl (C=O) groups is 1. The summed E-state index contributed by atoms with van der Waals surface area (Å²) in [7, 11) is 2.10. The Hall–Kier alpha value is -2.43. The van der Waals surface area contributed by atoms with Crippen molar-refractivity contribution in [2.45, 2.75) is 38.1 Å². The van der Waals surface area contributed by atoms with Gasteiger partial charge in [-0.15, -0.1) is 0 Å². The lowest BCUT2D eigenvalue weighted by Crippen LogP contribution is -2.50. The highest BCUT2D eigenvalue weighted by molar-refractivity contribution is 6.31. The lowest BCUT2D eigenvalue weighted by atomic mass is 9.64. The summed E-state index contributed by atoms with van der Waals surface area (Å²) in [5, 5.41) is 6.05. The number of amides is 1. The number of piperidine rings is 1. The minimum Gasteiger partial charge on any atom is -0.349 e. The second-order valence-corrected chi connectivity index (χ2v) is 9.57. The number of hydrogen-bond donors (Lipinski definition) is 1. The highest BCUT2D eigenvalue weighted by atomic mass is 35.5. The van der Waals surface area contributed by atoms with E-state index < -0.39 is 0 Å². The van der Waals surface area contributed by atoms with Crippen molar-refractivity contribution in [2.24, 2.45) is 5.92 Å². The van der Waals surface area contributed by atoms with Gasteiger partial charge in [-0.1, -0.05) is 54.9 Å².